The van der Waals surface area contributed by atoms with Gasteiger partial charge < -0.3 is 10.3 Å². The molecule has 1 aliphatic carbocycles. The smallest absolute Gasteiger partial charge is 0.268 e. The van der Waals surface area contributed by atoms with Crippen molar-refractivity contribution in [3.8, 4) is 0 Å². The van der Waals surface area contributed by atoms with Gasteiger partial charge >= 0.3 is 0 Å². The molecule has 0 bridgehead atoms. The first-order chi connectivity index (χ1) is 13.5. The summed E-state index contributed by atoms with van der Waals surface area (Å²) in [4.78, 5) is 25.3. The average molecular weight is 391 g/mol. The lowest BCUT2D eigenvalue weighted by Gasteiger charge is -2.15. The number of rotatable bonds is 4. The van der Waals surface area contributed by atoms with Gasteiger partial charge in [0, 0.05) is 11.9 Å². The van der Waals surface area contributed by atoms with Crippen LogP contribution in [0.4, 0.5) is 5.82 Å². The highest BCUT2D eigenvalue weighted by Crippen LogP contribution is 2.45. The van der Waals surface area contributed by atoms with Crippen molar-refractivity contribution >= 4 is 37.6 Å². The van der Waals surface area contributed by atoms with E-state index in [9.17, 15) is 4.79 Å². The first kappa shape index (κ1) is 17.4. The first-order valence-corrected chi connectivity index (χ1v) is 10.4. The quantitative estimate of drug-likeness (QED) is 0.545. The van der Waals surface area contributed by atoms with E-state index < -0.39 is 0 Å². The number of thiophene rings is 1. The molecule has 3 aromatic heterocycles. The third-order valence-electron chi connectivity index (χ3n) is 5.48. The molecule has 5 nitrogen and oxygen atoms in total. The fourth-order valence-electron chi connectivity index (χ4n) is 4.24. The molecule has 2 N–H and O–H groups in total. The molecule has 3 heterocycles. The fourth-order valence-corrected chi connectivity index (χ4v) is 5.30. The van der Waals surface area contributed by atoms with Crippen molar-refractivity contribution in [1.82, 2.24) is 15.0 Å². The molecule has 0 saturated carbocycles. The van der Waals surface area contributed by atoms with Crippen molar-refractivity contribution in [1.29, 1.82) is 0 Å². The number of benzene rings is 1. The molecular formula is C22H22N4OS. The van der Waals surface area contributed by atoms with E-state index in [-0.39, 0.29) is 11.0 Å². The maximum Gasteiger partial charge on any atom is 0.268 e. The van der Waals surface area contributed by atoms with Crippen molar-refractivity contribution in [2.24, 2.45) is 5.41 Å². The summed E-state index contributed by atoms with van der Waals surface area (Å²) in [7, 11) is 0. The molecule has 0 fully saturated rings. The number of aromatic nitrogens is 3. The highest BCUT2D eigenvalue weighted by Gasteiger charge is 2.34. The van der Waals surface area contributed by atoms with Crippen molar-refractivity contribution in [3.05, 3.63) is 63.7 Å². The molecule has 4 aromatic rings. The van der Waals surface area contributed by atoms with Crippen LogP contribution in [0, 0.1) is 5.41 Å². The van der Waals surface area contributed by atoms with Crippen LogP contribution >= 0.6 is 11.3 Å². The second kappa shape index (κ2) is 6.41. The number of fused-ring (bicyclic) bond motifs is 5. The highest BCUT2D eigenvalue weighted by atomic mass is 32.1. The zero-order chi connectivity index (χ0) is 19.3. The number of hydrogen-bond donors (Lipinski definition) is 2. The van der Waals surface area contributed by atoms with Crippen molar-refractivity contribution in [2.45, 2.75) is 33.1 Å². The van der Waals surface area contributed by atoms with Gasteiger partial charge in [-0.2, -0.15) is 0 Å². The molecule has 1 aliphatic rings. The molecular weight excluding hydrogens is 368 g/mol. The molecule has 0 spiro atoms. The summed E-state index contributed by atoms with van der Waals surface area (Å²) in [6, 6.07) is 10.5. The zero-order valence-corrected chi connectivity index (χ0v) is 16.8. The monoisotopic (exact) mass is 390 g/mol. The van der Waals surface area contributed by atoms with E-state index in [0.29, 0.717) is 4.70 Å². The van der Waals surface area contributed by atoms with E-state index in [0.717, 1.165) is 47.4 Å². The Kier molecular flexibility index (Phi) is 3.98. The summed E-state index contributed by atoms with van der Waals surface area (Å²) in [6.45, 7) is 5.42. The van der Waals surface area contributed by atoms with Gasteiger partial charge in [0.15, 0.2) is 0 Å². The standard InChI is InChI=1S/C22H22N4OS/c1-22(2)10-14-15(11-22)19(23-9-8-13-6-4-3-5-7-13)26-21-16(14)17-18(28-21)20(27)25-12-24-17/h3-7,12H,8-11H2,1-2H3,(H,23,26)(H,24,25,27). The number of H-pyrrole nitrogens is 1. The number of anilines is 1. The van der Waals surface area contributed by atoms with Gasteiger partial charge in [-0.3, -0.25) is 4.79 Å². The minimum absolute atomic E-state index is 0.0856. The van der Waals surface area contributed by atoms with Gasteiger partial charge in [0.05, 0.1) is 11.8 Å². The molecule has 0 saturated heterocycles. The number of hydrogen-bond acceptors (Lipinski definition) is 5. The molecule has 142 valence electrons. The zero-order valence-electron chi connectivity index (χ0n) is 16.0. The fraction of sp³-hybridized carbons (Fsp3) is 0.318. The number of pyridine rings is 1. The normalized spacial score (nSPS) is 15.2. The lowest BCUT2D eigenvalue weighted by Crippen LogP contribution is -2.11. The number of aromatic amines is 1. The highest BCUT2D eigenvalue weighted by molar-refractivity contribution is 7.25. The summed E-state index contributed by atoms with van der Waals surface area (Å²) in [5.41, 5.74) is 4.79. The predicted molar refractivity (Wildman–Crippen MR) is 115 cm³/mol. The van der Waals surface area contributed by atoms with Crippen LogP contribution < -0.4 is 10.9 Å². The predicted octanol–water partition coefficient (Wildman–Crippen LogP) is 4.31. The molecule has 0 amide bonds. The van der Waals surface area contributed by atoms with Gasteiger partial charge in [0.25, 0.3) is 5.56 Å². The third-order valence-corrected chi connectivity index (χ3v) is 6.56. The Morgan fingerprint density at radius 2 is 1.96 bits per heavy atom. The maximum absolute atomic E-state index is 12.3. The second-order valence-corrected chi connectivity index (χ2v) is 9.29. The van der Waals surface area contributed by atoms with E-state index in [1.54, 1.807) is 0 Å². The van der Waals surface area contributed by atoms with Crippen LogP contribution in [0.5, 0.6) is 0 Å². The minimum Gasteiger partial charge on any atom is -0.369 e. The average Bonchev–Trinajstić information content (AvgIpc) is 3.20. The Bertz CT molecular complexity index is 1240. The number of nitrogens with one attached hydrogen (secondary N) is 2. The molecule has 6 heteroatoms. The minimum atomic E-state index is -0.0856. The van der Waals surface area contributed by atoms with Gasteiger partial charge in [0.2, 0.25) is 0 Å². The first-order valence-electron chi connectivity index (χ1n) is 9.61. The van der Waals surface area contributed by atoms with Gasteiger partial charge in [0.1, 0.15) is 15.3 Å². The Balaban J connectivity index is 1.59. The van der Waals surface area contributed by atoms with Crippen LogP contribution in [-0.4, -0.2) is 21.5 Å². The van der Waals surface area contributed by atoms with E-state index in [4.69, 9.17) is 4.98 Å². The van der Waals surface area contributed by atoms with Crippen molar-refractivity contribution in [2.75, 3.05) is 11.9 Å². The summed E-state index contributed by atoms with van der Waals surface area (Å²) in [5.74, 6) is 0.965. The lowest BCUT2D eigenvalue weighted by molar-refractivity contribution is 0.393. The van der Waals surface area contributed by atoms with E-state index >= 15 is 0 Å². The SMILES string of the molecule is CC1(C)Cc2c(NCCc3ccccc3)nc3sc4c(=O)[nH]cnc4c3c2C1. The van der Waals surface area contributed by atoms with Crippen LogP contribution in [0.25, 0.3) is 20.4 Å². The largest absolute Gasteiger partial charge is 0.369 e. The molecule has 0 radical (unpaired) electrons. The third kappa shape index (κ3) is 2.88. The topological polar surface area (TPSA) is 70.7 Å². The van der Waals surface area contributed by atoms with E-state index in [2.05, 4.69) is 53.4 Å². The van der Waals surface area contributed by atoms with Crippen LogP contribution in [0.2, 0.25) is 0 Å². The van der Waals surface area contributed by atoms with Crippen molar-refractivity contribution < 1.29 is 0 Å². The van der Waals surface area contributed by atoms with Gasteiger partial charge in [-0.1, -0.05) is 44.2 Å². The van der Waals surface area contributed by atoms with Crippen LogP contribution in [0.3, 0.4) is 0 Å². The molecule has 28 heavy (non-hydrogen) atoms. The van der Waals surface area contributed by atoms with Gasteiger partial charge in [-0.25, -0.2) is 9.97 Å². The Morgan fingerprint density at radius 3 is 2.79 bits per heavy atom. The summed E-state index contributed by atoms with van der Waals surface area (Å²) < 4.78 is 0.665. The van der Waals surface area contributed by atoms with Crippen molar-refractivity contribution in [3.63, 3.8) is 0 Å². The van der Waals surface area contributed by atoms with Gasteiger partial charge in [-0.15, -0.1) is 11.3 Å². The van der Waals surface area contributed by atoms with Crippen LogP contribution in [0.1, 0.15) is 30.5 Å². The summed E-state index contributed by atoms with van der Waals surface area (Å²) in [5, 5.41) is 4.64. The van der Waals surface area contributed by atoms with Gasteiger partial charge in [-0.05, 0) is 41.4 Å². The Hall–Kier alpha value is -2.73. The van der Waals surface area contributed by atoms with Crippen LogP contribution in [-0.2, 0) is 19.3 Å². The van der Waals surface area contributed by atoms with Crippen LogP contribution in [0.15, 0.2) is 41.5 Å². The summed E-state index contributed by atoms with van der Waals surface area (Å²) in [6.07, 6.45) is 4.41. The van der Waals surface area contributed by atoms with E-state index in [1.165, 1.54) is 34.4 Å². The molecule has 0 atom stereocenters. The Morgan fingerprint density at radius 1 is 1.18 bits per heavy atom. The summed E-state index contributed by atoms with van der Waals surface area (Å²) >= 11 is 1.44. The molecule has 0 unspecified atom stereocenters. The lowest BCUT2D eigenvalue weighted by atomic mass is 9.90. The Labute approximate surface area is 166 Å². The molecule has 0 aliphatic heterocycles. The maximum atomic E-state index is 12.3. The molecule has 1 aromatic carbocycles. The molecule has 5 rings (SSSR count). The number of nitrogens with zero attached hydrogens (tertiary/aromatic N) is 2. The second-order valence-electron chi connectivity index (χ2n) is 8.29. The van der Waals surface area contributed by atoms with E-state index in [1.807, 2.05) is 6.07 Å².